The van der Waals surface area contributed by atoms with Gasteiger partial charge in [-0.3, -0.25) is 0 Å². The minimum absolute atomic E-state index is 0.0340. The molecule has 0 bridgehead atoms. The Hall–Kier alpha value is -1.08. The maximum atomic E-state index is 11.7. The summed E-state index contributed by atoms with van der Waals surface area (Å²) in [4.78, 5) is 3.93. The summed E-state index contributed by atoms with van der Waals surface area (Å²) >= 11 is 0. The van der Waals surface area contributed by atoms with Gasteiger partial charge in [-0.2, -0.15) is 13.2 Å². The maximum absolute atomic E-state index is 11.7. The molecule has 1 aromatic rings. The lowest BCUT2D eigenvalue weighted by Gasteiger charge is -2.05. The predicted molar refractivity (Wildman–Crippen MR) is 49.8 cm³/mol. The van der Waals surface area contributed by atoms with Crippen LogP contribution < -0.4 is 5.32 Å². The van der Waals surface area contributed by atoms with E-state index in [0.717, 1.165) is 0 Å². The molecule has 4 nitrogen and oxygen atoms in total. The van der Waals surface area contributed by atoms with Crippen molar-refractivity contribution in [3.63, 3.8) is 0 Å². The zero-order chi connectivity index (χ0) is 12.0. The number of hydrogen-bond donors (Lipinski definition) is 1. The van der Waals surface area contributed by atoms with E-state index in [9.17, 15) is 13.2 Å². The van der Waals surface area contributed by atoms with E-state index >= 15 is 0 Å². The topological polar surface area (TPSA) is 47.3 Å². The molecule has 0 radical (unpaired) electrons. The van der Waals surface area contributed by atoms with Crippen LogP contribution in [0.1, 0.15) is 11.7 Å². The molecule has 1 aromatic heterocycles. The molecular weight excluding hydrogens is 225 g/mol. The zero-order valence-electron chi connectivity index (χ0n) is 8.80. The number of rotatable bonds is 6. The molecule has 0 aliphatic rings. The van der Waals surface area contributed by atoms with Gasteiger partial charge in [-0.1, -0.05) is 0 Å². The maximum Gasteiger partial charge on any atom is 0.411 e. The number of nitrogens with one attached hydrogen (secondary N) is 1. The van der Waals surface area contributed by atoms with Gasteiger partial charge in [0.05, 0.1) is 19.3 Å². The number of nitrogens with zero attached hydrogens (tertiary/aromatic N) is 1. The Morgan fingerprint density at radius 3 is 2.88 bits per heavy atom. The van der Waals surface area contributed by atoms with Crippen LogP contribution >= 0.6 is 0 Å². The average Bonchev–Trinajstić information content (AvgIpc) is 2.60. The van der Waals surface area contributed by atoms with Gasteiger partial charge < -0.3 is 14.5 Å². The lowest BCUT2D eigenvalue weighted by Crippen LogP contribution is -2.17. The van der Waals surface area contributed by atoms with Crippen molar-refractivity contribution in [1.29, 1.82) is 0 Å². The first-order valence-corrected chi connectivity index (χ1v) is 4.74. The number of ether oxygens (including phenoxy) is 1. The van der Waals surface area contributed by atoms with Crippen LogP contribution in [0.5, 0.6) is 0 Å². The lowest BCUT2D eigenvalue weighted by atomic mass is 10.4. The Morgan fingerprint density at radius 2 is 2.25 bits per heavy atom. The summed E-state index contributed by atoms with van der Waals surface area (Å²) in [6.07, 6.45) is -2.50. The van der Waals surface area contributed by atoms with Crippen LogP contribution in [0, 0.1) is 0 Å². The summed E-state index contributed by atoms with van der Waals surface area (Å²) in [5.41, 5.74) is 0. The summed E-state index contributed by atoms with van der Waals surface area (Å²) in [7, 11) is 1.75. The normalized spacial score (nSPS) is 12.0. The highest BCUT2D eigenvalue weighted by atomic mass is 19.4. The fraction of sp³-hybridized carbons (Fsp3) is 0.667. The van der Waals surface area contributed by atoms with Crippen molar-refractivity contribution in [3.8, 4) is 0 Å². The van der Waals surface area contributed by atoms with Crippen molar-refractivity contribution in [2.24, 2.45) is 0 Å². The first-order chi connectivity index (χ1) is 7.51. The molecule has 92 valence electrons. The third kappa shape index (κ3) is 5.13. The van der Waals surface area contributed by atoms with Gasteiger partial charge in [0, 0.05) is 6.42 Å². The van der Waals surface area contributed by atoms with Gasteiger partial charge in [-0.25, -0.2) is 4.98 Å². The van der Waals surface area contributed by atoms with Gasteiger partial charge in [0.25, 0.3) is 0 Å². The van der Waals surface area contributed by atoms with E-state index < -0.39 is 12.8 Å². The summed E-state index contributed by atoms with van der Waals surface area (Å²) in [5, 5.41) is 2.85. The summed E-state index contributed by atoms with van der Waals surface area (Å²) in [6.45, 7) is -0.776. The van der Waals surface area contributed by atoms with Crippen LogP contribution in [-0.4, -0.2) is 31.4 Å². The largest absolute Gasteiger partial charge is 0.444 e. The molecule has 0 atom stereocenters. The van der Waals surface area contributed by atoms with Gasteiger partial charge in [-0.05, 0) is 7.05 Å². The van der Waals surface area contributed by atoms with Crippen LogP contribution in [0.3, 0.4) is 0 Å². The molecule has 0 fully saturated rings. The van der Waals surface area contributed by atoms with Gasteiger partial charge in [0.1, 0.15) is 12.4 Å². The number of alkyl halides is 3. The fourth-order valence-electron chi connectivity index (χ4n) is 1.06. The van der Waals surface area contributed by atoms with Gasteiger partial charge in [0.2, 0.25) is 5.89 Å². The van der Waals surface area contributed by atoms with E-state index in [0.29, 0.717) is 18.2 Å². The Bertz CT molecular complexity index is 312. The Kier molecular flexibility index (Phi) is 4.75. The third-order valence-electron chi connectivity index (χ3n) is 1.69. The smallest absolute Gasteiger partial charge is 0.411 e. The molecule has 0 aromatic carbocycles. The van der Waals surface area contributed by atoms with Crippen molar-refractivity contribution in [3.05, 3.63) is 17.8 Å². The second-order valence-electron chi connectivity index (χ2n) is 3.17. The van der Waals surface area contributed by atoms with E-state index in [1.165, 1.54) is 6.20 Å². The Balaban J connectivity index is 2.21. The SMILES string of the molecule is CNCc1ncc(CCOCC(F)(F)F)o1. The van der Waals surface area contributed by atoms with E-state index in [4.69, 9.17) is 4.42 Å². The van der Waals surface area contributed by atoms with Crippen molar-refractivity contribution in [1.82, 2.24) is 10.3 Å². The van der Waals surface area contributed by atoms with Gasteiger partial charge in [-0.15, -0.1) is 0 Å². The number of aromatic nitrogens is 1. The van der Waals surface area contributed by atoms with E-state index in [1.807, 2.05) is 0 Å². The quantitative estimate of drug-likeness (QED) is 0.763. The summed E-state index contributed by atoms with van der Waals surface area (Å²) in [5.74, 6) is 1.03. The highest BCUT2D eigenvalue weighted by Gasteiger charge is 2.27. The van der Waals surface area contributed by atoms with Crippen LogP contribution in [0.15, 0.2) is 10.6 Å². The molecule has 0 aliphatic heterocycles. The van der Waals surface area contributed by atoms with Crippen LogP contribution in [0.4, 0.5) is 13.2 Å². The molecule has 0 spiro atoms. The molecule has 0 saturated heterocycles. The average molecular weight is 238 g/mol. The standard InChI is InChI=1S/C9H13F3N2O2/c1-13-5-8-14-4-7(16-8)2-3-15-6-9(10,11)12/h4,13H,2-3,5-6H2,1H3. The lowest BCUT2D eigenvalue weighted by molar-refractivity contribution is -0.173. The number of oxazole rings is 1. The summed E-state index contributed by atoms with van der Waals surface area (Å²) < 4.78 is 44.8. The molecule has 16 heavy (non-hydrogen) atoms. The molecule has 7 heteroatoms. The number of hydrogen-bond acceptors (Lipinski definition) is 4. The molecule has 0 saturated carbocycles. The van der Waals surface area contributed by atoms with Crippen molar-refractivity contribution < 1.29 is 22.3 Å². The molecule has 1 rings (SSSR count). The van der Waals surface area contributed by atoms with E-state index in [1.54, 1.807) is 7.05 Å². The predicted octanol–water partition coefficient (Wildman–Crippen LogP) is 1.52. The first-order valence-electron chi connectivity index (χ1n) is 4.74. The Morgan fingerprint density at radius 1 is 1.50 bits per heavy atom. The van der Waals surface area contributed by atoms with Gasteiger partial charge >= 0.3 is 6.18 Å². The monoisotopic (exact) mass is 238 g/mol. The van der Waals surface area contributed by atoms with Crippen molar-refractivity contribution >= 4 is 0 Å². The fourth-order valence-corrected chi connectivity index (χ4v) is 1.06. The van der Waals surface area contributed by atoms with E-state index in [-0.39, 0.29) is 13.0 Å². The highest BCUT2D eigenvalue weighted by molar-refractivity contribution is 4.94. The molecular formula is C9H13F3N2O2. The van der Waals surface area contributed by atoms with E-state index in [2.05, 4.69) is 15.0 Å². The highest BCUT2D eigenvalue weighted by Crippen LogP contribution is 2.14. The van der Waals surface area contributed by atoms with Crippen LogP contribution in [0.2, 0.25) is 0 Å². The molecule has 1 heterocycles. The van der Waals surface area contributed by atoms with Gasteiger partial charge in [0.15, 0.2) is 0 Å². The first kappa shape index (κ1) is 13.0. The number of halogens is 3. The Labute approximate surface area is 90.8 Å². The second-order valence-corrected chi connectivity index (χ2v) is 3.17. The minimum atomic E-state index is -4.28. The molecule has 0 amide bonds. The molecule has 1 N–H and O–H groups in total. The van der Waals surface area contributed by atoms with Crippen LogP contribution in [0.25, 0.3) is 0 Å². The second kappa shape index (κ2) is 5.86. The minimum Gasteiger partial charge on any atom is -0.444 e. The molecule has 0 unspecified atom stereocenters. The zero-order valence-corrected chi connectivity index (χ0v) is 8.80. The third-order valence-corrected chi connectivity index (χ3v) is 1.69. The van der Waals surface area contributed by atoms with Crippen molar-refractivity contribution in [2.75, 3.05) is 20.3 Å². The van der Waals surface area contributed by atoms with Crippen LogP contribution in [-0.2, 0) is 17.7 Å². The molecule has 0 aliphatic carbocycles. The summed E-state index contributed by atoms with van der Waals surface area (Å²) in [6, 6.07) is 0. The van der Waals surface area contributed by atoms with Crippen molar-refractivity contribution in [2.45, 2.75) is 19.1 Å².